The maximum absolute atomic E-state index is 12.9. The molecule has 0 radical (unpaired) electrons. The van der Waals surface area contributed by atoms with Crippen LogP contribution in [0.5, 0.6) is 0 Å². The van der Waals surface area contributed by atoms with Gasteiger partial charge in [-0.2, -0.15) is 4.31 Å². The summed E-state index contributed by atoms with van der Waals surface area (Å²) in [6.45, 7) is 0.250. The summed E-state index contributed by atoms with van der Waals surface area (Å²) in [7, 11) is -2.16. The molecule has 0 saturated heterocycles. The van der Waals surface area contributed by atoms with Gasteiger partial charge in [0.2, 0.25) is 10.0 Å². The molecule has 0 atom stereocenters. The molecular weight excluding hydrogens is 466 g/mol. The number of nitrogens with one attached hydrogen (secondary N) is 2. The van der Waals surface area contributed by atoms with Gasteiger partial charge in [0.05, 0.1) is 11.2 Å². The third kappa shape index (κ3) is 5.84. The van der Waals surface area contributed by atoms with Crippen molar-refractivity contribution in [3.05, 3.63) is 114 Å². The lowest BCUT2D eigenvalue weighted by Crippen LogP contribution is -2.26. The van der Waals surface area contributed by atoms with E-state index in [1.165, 1.54) is 29.7 Å². The number of carbonyl (C=O) groups excluding carboxylic acids is 2. The Morgan fingerprint density at radius 1 is 0.771 bits per heavy atom. The number of amides is 2. The van der Waals surface area contributed by atoms with Crippen LogP contribution in [0, 0.1) is 0 Å². The first kappa shape index (κ1) is 23.9. The number of benzene rings is 3. The Labute approximate surface area is 203 Å². The summed E-state index contributed by atoms with van der Waals surface area (Å²) in [5, 5.41) is 5.42. The van der Waals surface area contributed by atoms with E-state index in [0.29, 0.717) is 16.9 Å². The molecule has 4 aromatic rings. The molecule has 4 rings (SSSR count). The summed E-state index contributed by atoms with van der Waals surface area (Å²) in [5.41, 5.74) is 2.22. The minimum absolute atomic E-state index is 0.130. The van der Waals surface area contributed by atoms with E-state index in [1.54, 1.807) is 48.5 Å². The largest absolute Gasteiger partial charge is 0.459 e. The van der Waals surface area contributed by atoms with Crippen LogP contribution in [0.2, 0.25) is 0 Å². The van der Waals surface area contributed by atoms with Crippen LogP contribution in [-0.2, 0) is 16.6 Å². The van der Waals surface area contributed by atoms with E-state index < -0.39 is 15.9 Å². The fraction of sp³-hybridized carbons (Fsp3) is 0.0769. The summed E-state index contributed by atoms with van der Waals surface area (Å²) < 4.78 is 32.1. The average Bonchev–Trinajstić information content (AvgIpc) is 3.41. The molecule has 0 aliphatic heterocycles. The Hall–Kier alpha value is -4.21. The van der Waals surface area contributed by atoms with Crippen molar-refractivity contribution in [3.8, 4) is 0 Å². The van der Waals surface area contributed by atoms with Crippen LogP contribution in [0.4, 0.5) is 11.4 Å². The van der Waals surface area contributed by atoms with Crippen molar-refractivity contribution in [1.82, 2.24) is 4.31 Å². The van der Waals surface area contributed by atoms with Gasteiger partial charge < -0.3 is 15.1 Å². The Morgan fingerprint density at radius 3 is 1.97 bits per heavy atom. The Kier molecular flexibility index (Phi) is 7.09. The summed E-state index contributed by atoms with van der Waals surface area (Å²) in [4.78, 5) is 24.8. The van der Waals surface area contributed by atoms with E-state index in [0.717, 1.165) is 5.56 Å². The summed E-state index contributed by atoms with van der Waals surface area (Å²) in [6.07, 6.45) is 1.41. The van der Waals surface area contributed by atoms with Crippen LogP contribution in [0.3, 0.4) is 0 Å². The van der Waals surface area contributed by atoms with Gasteiger partial charge in [-0.25, -0.2) is 8.42 Å². The Morgan fingerprint density at radius 2 is 1.37 bits per heavy atom. The molecule has 0 aliphatic rings. The van der Waals surface area contributed by atoms with Crippen molar-refractivity contribution < 1.29 is 22.4 Å². The average molecular weight is 490 g/mol. The number of hydrogen-bond donors (Lipinski definition) is 2. The fourth-order valence-electron chi connectivity index (χ4n) is 3.32. The van der Waals surface area contributed by atoms with Gasteiger partial charge in [0.25, 0.3) is 11.8 Å². The van der Waals surface area contributed by atoms with Crippen molar-refractivity contribution >= 4 is 33.2 Å². The number of sulfonamides is 1. The van der Waals surface area contributed by atoms with Gasteiger partial charge >= 0.3 is 0 Å². The lowest BCUT2D eigenvalue weighted by atomic mass is 10.2. The molecule has 0 fully saturated rings. The number of nitrogens with zero attached hydrogens (tertiary/aromatic N) is 1. The Bertz CT molecular complexity index is 1400. The minimum Gasteiger partial charge on any atom is -0.459 e. The molecule has 3 aromatic carbocycles. The van der Waals surface area contributed by atoms with Gasteiger partial charge in [0.15, 0.2) is 5.76 Å². The van der Waals surface area contributed by atoms with Gasteiger partial charge in [0, 0.05) is 30.5 Å². The van der Waals surface area contributed by atoms with E-state index in [2.05, 4.69) is 10.6 Å². The Balaban J connectivity index is 1.37. The molecule has 178 valence electrons. The van der Waals surface area contributed by atoms with Crippen molar-refractivity contribution in [2.45, 2.75) is 11.4 Å². The normalized spacial score (nSPS) is 11.3. The zero-order valence-electron chi connectivity index (χ0n) is 18.8. The zero-order chi connectivity index (χ0) is 24.8. The molecule has 8 nitrogen and oxygen atoms in total. The maximum Gasteiger partial charge on any atom is 0.291 e. The van der Waals surface area contributed by atoms with Gasteiger partial charge in [0.1, 0.15) is 0 Å². The second kappa shape index (κ2) is 10.4. The van der Waals surface area contributed by atoms with E-state index in [4.69, 9.17) is 4.42 Å². The van der Waals surface area contributed by atoms with E-state index in [-0.39, 0.29) is 23.1 Å². The molecule has 0 spiro atoms. The first-order chi connectivity index (χ1) is 16.8. The highest BCUT2D eigenvalue weighted by atomic mass is 32.2. The van der Waals surface area contributed by atoms with Gasteiger partial charge in [-0.15, -0.1) is 0 Å². The number of anilines is 2. The molecule has 0 bridgehead atoms. The summed E-state index contributed by atoms with van der Waals surface area (Å²) >= 11 is 0. The number of hydrogen-bond acceptors (Lipinski definition) is 5. The SMILES string of the molecule is CN(Cc1ccccc1)S(=O)(=O)c1ccc(NC(=O)c2ccc(NC(=O)c3ccco3)cc2)cc1. The monoisotopic (exact) mass is 489 g/mol. The third-order valence-corrected chi connectivity index (χ3v) is 7.04. The highest BCUT2D eigenvalue weighted by Crippen LogP contribution is 2.20. The molecule has 2 amide bonds. The molecular formula is C26H23N3O5S. The zero-order valence-corrected chi connectivity index (χ0v) is 19.7. The van der Waals surface area contributed by atoms with Crippen LogP contribution in [0.1, 0.15) is 26.5 Å². The van der Waals surface area contributed by atoms with Gasteiger partial charge in [-0.1, -0.05) is 30.3 Å². The molecule has 2 N–H and O–H groups in total. The maximum atomic E-state index is 12.9. The minimum atomic E-state index is -3.69. The predicted octanol–water partition coefficient (Wildman–Crippen LogP) is 4.60. The molecule has 0 unspecified atom stereocenters. The lowest BCUT2D eigenvalue weighted by Gasteiger charge is -2.17. The van der Waals surface area contributed by atoms with Gasteiger partial charge in [-0.05, 0) is 66.2 Å². The third-order valence-electron chi connectivity index (χ3n) is 5.22. The van der Waals surface area contributed by atoms with Crippen LogP contribution >= 0.6 is 0 Å². The first-order valence-corrected chi connectivity index (χ1v) is 12.1. The molecule has 35 heavy (non-hydrogen) atoms. The fourth-order valence-corrected chi connectivity index (χ4v) is 4.48. The van der Waals surface area contributed by atoms with E-state index >= 15 is 0 Å². The molecule has 1 aromatic heterocycles. The second-order valence-corrected chi connectivity index (χ2v) is 9.78. The van der Waals surface area contributed by atoms with E-state index in [1.807, 2.05) is 30.3 Å². The van der Waals surface area contributed by atoms with Crippen molar-refractivity contribution in [1.29, 1.82) is 0 Å². The van der Waals surface area contributed by atoms with Gasteiger partial charge in [-0.3, -0.25) is 9.59 Å². The summed E-state index contributed by atoms with van der Waals surface area (Å²) in [6, 6.07) is 24.8. The van der Waals surface area contributed by atoms with Crippen LogP contribution in [0.25, 0.3) is 0 Å². The van der Waals surface area contributed by atoms with Crippen LogP contribution in [-0.4, -0.2) is 31.6 Å². The molecule has 0 saturated carbocycles. The van der Waals surface area contributed by atoms with E-state index in [9.17, 15) is 18.0 Å². The quantitative estimate of drug-likeness (QED) is 0.376. The molecule has 9 heteroatoms. The number of rotatable bonds is 8. The predicted molar refractivity (Wildman–Crippen MR) is 133 cm³/mol. The van der Waals surface area contributed by atoms with Crippen LogP contribution < -0.4 is 10.6 Å². The topological polar surface area (TPSA) is 109 Å². The standard InChI is InChI=1S/C26H23N3O5S/c1-29(18-19-6-3-2-4-7-19)35(32,33)23-15-13-22(14-16-23)27-25(30)20-9-11-21(12-10-20)28-26(31)24-8-5-17-34-24/h2-17H,18H2,1H3,(H,27,30)(H,28,31). The second-order valence-electron chi connectivity index (χ2n) is 7.73. The number of carbonyl (C=O) groups is 2. The highest BCUT2D eigenvalue weighted by Gasteiger charge is 2.21. The molecule has 0 aliphatic carbocycles. The van der Waals surface area contributed by atoms with Crippen LogP contribution in [0.15, 0.2) is 107 Å². The number of furan rings is 1. The van der Waals surface area contributed by atoms with Crippen molar-refractivity contribution in [3.63, 3.8) is 0 Å². The first-order valence-electron chi connectivity index (χ1n) is 10.7. The smallest absolute Gasteiger partial charge is 0.291 e. The van der Waals surface area contributed by atoms with Crippen molar-refractivity contribution in [2.75, 3.05) is 17.7 Å². The summed E-state index contributed by atoms with van der Waals surface area (Å²) in [5.74, 6) is -0.578. The lowest BCUT2D eigenvalue weighted by molar-refractivity contribution is 0.0995. The molecule has 1 heterocycles. The van der Waals surface area contributed by atoms with Crippen molar-refractivity contribution in [2.24, 2.45) is 0 Å². The highest BCUT2D eigenvalue weighted by molar-refractivity contribution is 7.89.